The van der Waals surface area contributed by atoms with Gasteiger partial charge in [-0.3, -0.25) is 9.20 Å². The number of nitrogens with zero attached hydrogens (tertiary/aromatic N) is 1. The van der Waals surface area contributed by atoms with Crippen LogP contribution in [0.5, 0.6) is 0 Å². The van der Waals surface area contributed by atoms with E-state index in [1.165, 1.54) is 0 Å². The maximum atomic E-state index is 12.1. The zero-order valence-corrected chi connectivity index (χ0v) is 16.8. The van der Waals surface area contributed by atoms with Gasteiger partial charge in [-0.05, 0) is 26.2 Å². The molecule has 2 rings (SSSR count). The highest BCUT2D eigenvalue weighted by atomic mass is 32.2. The summed E-state index contributed by atoms with van der Waals surface area (Å²) >= 11 is 0. The lowest BCUT2D eigenvalue weighted by molar-refractivity contribution is -0.0828. The van der Waals surface area contributed by atoms with Crippen molar-refractivity contribution in [1.29, 1.82) is 0 Å². The second-order valence-corrected chi connectivity index (χ2v) is 9.00. The summed E-state index contributed by atoms with van der Waals surface area (Å²) in [5.41, 5.74) is -0.209. The molecule has 0 aromatic carbocycles. The summed E-state index contributed by atoms with van der Waals surface area (Å²) in [7, 11) is 1.07. The lowest BCUT2D eigenvalue weighted by atomic mass is 9.94. The molecule has 1 heterocycles. The number of methoxy groups -OCH3 is 1. The van der Waals surface area contributed by atoms with E-state index < -0.39 is 10.8 Å². The highest BCUT2D eigenvalue weighted by molar-refractivity contribution is 7.85. The first kappa shape index (κ1) is 20.6. The Morgan fingerprint density at radius 2 is 2.08 bits per heavy atom. The first-order valence-corrected chi connectivity index (χ1v) is 11.1. The first-order valence-electron chi connectivity index (χ1n) is 9.67. The van der Waals surface area contributed by atoms with Gasteiger partial charge in [0.05, 0.1) is 12.1 Å². The van der Waals surface area contributed by atoms with Crippen LogP contribution in [0.4, 0.5) is 0 Å². The molecule has 1 saturated heterocycles. The number of hydrogen-bond acceptors (Lipinski definition) is 4. The van der Waals surface area contributed by atoms with Gasteiger partial charge in [0.1, 0.15) is 0 Å². The van der Waals surface area contributed by atoms with Crippen LogP contribution in [0.3, 0.4) is 0 Å². The largest absolute Gasteiger partial charge is 0.381 e. The Labute approximate surface area is 155 Å². The first-order chi connectivity index (χ1) is 12.1. The smallest absolute Gasteiger partial charge is 0.191 e. The molecule has 3 unspecified atom stereocenters. The number of aliphatic imine (C=N–C) groups is 1. The number of nitrogens with one attached hydrogen (secondary N) is 2. The Kier molecular flexibility index (Phi) is 8.66. The van der Waals surface area contributed by atoms with Crippen LogP contribution >= 0.6 is 0 Å². The number of ether oxygens (including phenoxy) is 2. The molecule has 0 aromatic heterocycles. The Balaban J connectivity index is 1.95. The predicted octanol–water partition coefficient (Wildman–Crippen LogP) is 1.82. The van der Waals surface area contributed by atoms with Crippen LogP contribution < -0.4 is 10.6 Å². The maximum Gasteiger partial charge on any atom is 0.191 e. The van der Waals surface area contributed by atoms with Gasteiger partial charge in [-0.25, -0.2) is 0 Å². The van der Waals surface area contributed by atoms with Crippen molar-refractivity contribution >= 4 is 16.8 Å². The number of hydrogen-bond donors (Lipinski definition) is 2. The van der Waals surface area contributed by atoms with Gasteiger partial charge >= 0.3 is 0 Å². The van der Waals surface area contributed by atoms with Crippen molar-refractivity contribution in [3.05, 3.63) is 0 Å². The molecule has 0 amide bonds. The van der Waals surface area contributed by atoms with Crippen molar-refractivity contribution in [2.24, 2.45) is 4.99 Å². The Morgan fingerprint density at radius 3 is 2.72 bits per heavy atom. The zero-order valence-electron chi connectivity index (χ0n) is 16.0. The molecule has 1 aliphatic heterocycles. The van der Waals surface area contributed by atoms with E-state index in [4.69, 9.17) is 14.5 Å². The van der Waals surface area contributed by atoms with E-state index in [2.05, 4.69) is 17.6 Å². The van der Waals surface area contributed by atoms with E-state index in [0.717, 1.165) is 70.0 Å². The fourth-order valence-electron chi connectivity index (χ4n) is 3.66. The Morgan fingerprint density at radius 1 is 1.32 bits per heavy atom. The van der Waals surface area contributed by atoms with Crippen molar-refractivity contribution in [3.63, 3.8) is 0 Å². The molecular weight excluding hydrogens is 338 g/mol. The summed E-state index contributed by atoms with van der Waals surface area (Å²) in [4.78, 5) is 4.80. The van der Waals surface area contributed by atoms with E-state index in [1.54, 1.807) is 7.11 Å². The van der Waals surface area contributed by atoms with Gasteiger partial charge in [-0.2, -0.15) is 0 Å². The fourth-order valence-corrected chi connectivity index (χ4v) is 5.01. The van der Waals surface area contributed by atoms with E-state index in [1.807, 2.05) is 6.92 Å². The van der Waals surface area contributed by atoms with Gasteiger partial charge in [0.15, 0.2) is 5.96 Å². The van der Waals surface area contributed by atoms with E-state index in [-0.39, 0.29) is 5.60 Å². The van der Waals surface area contributed by atoms with Gasteiger partial charge in [0.2, 0.25) is 0 Å². The van der Waals surface area contributed by atoms with Gasteiger partial charge < -0.3 is 20.1 Å². The summed E-state index contributed by atoms with van der Waals surface area (Å²) in [5, 5.41) is 7.23. The van der Waals surface area contributed by atoms with E-state index >= 15 is 0 Å². The molecule has 6 nitrogen and oxygen atoms in total. The van der Waals surface area contributed by atoms with Crippen molar-refractivity contribution in [3.8, 4) is 0 Å². The summed E-state index contributed by atoms with van der Waals surface area (Å²) < 4.78 is 23.4. The molecule has 3 atom stereocenters. The molecule has 0 spiro atoms. The van der Waals surface area contributed by atoms with Crippen molar-refractivity contribution < 1.29 is 13.7 Å². The van der Waals surface area contributed by atoms with Crippen LogP contribution in [-0.2, 0) is 20.3 Å². The van der Waals surface area contributed by atoms with Crippen LogP contribution in [0.1, 0.15) is 52.4 Å². The predicted molar refractivity (Wildman–Crippen MR) is 104 cm³/mol. The summed E-state index contributed by atoms with van der Waals surface area (Å²) in [6.07, 6.45) is 6.06. The molecule has 146 valence electrons. The minimum atomic E-state index is -0.703. The minimum Gasteiger partial charge on any atom is -0.381 e. The zero-order chi connectivity index (χ0) is 18.1. The monoisotopic (exact) mass is 373 g/mol. The van der Waals surface area contributed by atoms with E-state index in [0.29, 0.717) is 17.8 Å². The van der Waals surface area contributed by atoms with Crippen LogP contribution in [0.15, 0.2) is 4.99 Å². The molecule has 2 aliphatic rings. The highest BCUT2D eigenvalue weighted by Gasteiger charge is 2.32. The molecule has 0 radical (unpaired) electrons. The number of guanidine groups is 1. The third kappa shape index (κ3) is 6.22. The van der Waals surface area contributed by atoms with Crippen molar-refractivity contribution in [2.45, 2.75) is 69.3 Å². The van der Waals surface area contributed by atoms with Crippen LogP contribution in [-0.4, -0.2) is 66.2 Å². The maximum absolute atomic E-state index is 12.1. The molecule has 2 N–H and O–H groups in total. The molecule has 7 heteroatoms. The molecular formula is C18H35N3O3S. The van der Waals surface area contributed by atoms with Crippen molar-refractivity contribution in [1.82, 2.24) is 10.6 Å². The standard InChI is InChI=1S/C18H35N3O3S/c1-4-19-17(20-14-18(23-3)9-11-24-12-10-18)21-15-7-6-8-16(13-15)25(22)5-2/h15-16H,4-14H2,1-3H3,(H2,19,20,21). The molecule has 1 aliphatic carbocycles. The summed E-state index contributed by atoms with van der Waals surface area (Å²) in [5.74, 6) is 1.60. The highest BCUT2D eigenvalue weighted by Crippen LogP contribution is 2.25. The second kappa shape index (κ2) is 10.5. The van der Waals surface area contributed by atoms with Crippen LogP contribution in [0, 0.1) is 0 Å². The lowest BCUT2D eigenvalue weighted by Gasteiger charge is -2.35. The molecule has 0 aromatic rings. The van der Waals surface area contributed by atoms with Gasteiger partial charge in [-0.15, -0.1) is 0 Å². The molecule has 1 saturated carbocycles. The average Bonchev–Trinajstić information content (AvgIpc) is 2.66. The third-order valence-electron chi connectivity index (χ3n) is 5.33. The summed E-state index contributed by atoms with van der Waals surface area (Å²) in [6, 6.07) is 0.347. The SMILES string of the molecule is CCNC(=NCC1(OC)CCOCC1)NC1CCCC(S(=O)CC)C1. The average molecular weight is 374 g/mol. The lowest BCUT2D eigenvalue weighted by Crippen LogP contribution is -2.48. The van der Waals surface area contributed by atoms with Gasteiger partial charge in [0, 0.05) is 67.6 Å². The van der Waals surface area contributed by atoms with Crippen LogP contribution in [0.2, 0.25) is 0 Å². The fraction of sp³-hybridized carbons (Fsp3) is 0.944. The normalized spacial score (nSPS) is 28.4. The molecule has 0 bridgehead atoms. The third-order valence-corrected chi connectivity index (χ3v) is 7.07. The molecule has 2 fully saturated rings. The van der Waals surface area contributed by atoms with E-state index in [9.17, 15) is 4.21 Å². The molecule has 25 heavy (non-hydrogen) atoms. The number of rotatable bonds is 7. The summed E-state index contributed by atoms with van der Waals surface area (Å²) in [6.45, 7) is 7.02. The van der Waals surface area contributed by atoms with Gasteiger partial charge in [0.25, 0.3) is 0 Å². The Bertz CT molecular complexity index is 453. The Hall–Kier alpha value is -0.660. The van der Waals surface area contributed by atoms with Gasteiger partial charge in [-0.1, -0.05) is 13.3 Å². The minimum absolute atomic E-state index is 0.209. The quantitative estimate of drug-likeness (QED) is 0.526. The van der Waals surface area contributed by atoms with Crippen LogP contribution in [0.25, 0.3) is 0 Å². The topological polar surface area (TPSA) is 72.0 Å². The second-order valence-electron chi connectivity index (χ2n) is 6.99. The van der Waals surface area contributed by atoms with Crippen molar-refractivity contribution in [2.75, 3.05) is 39.2 Å².